The summed E-state index contributed by atoms with van der Waals surface area (Å²) in [4.78, 5) is 14.3. The van der Waals surface area contributed by atoms with Crippen LogP contribution in [0.25, 0.3) is 0 Å². The molecule has 0 atom stereocenters. The Labute approximate surface area is 113 Å². The minimum atomic E-state index is 0.215. The van der Waals surface area contributed by atoms with Crippen molar-refractivity contribution in [2.24, 2.45) is 5.41 Å². The third kappa shape index (κ3) is 7.03. The molecule has 0 spiro atoms. The lowest BCUT2D eigenvalue weighted by Gasteiger charge is -2.30. The molecule has 1 aliphatic heterocycles. The van der Waals surface area contributed by atoms with E-state index in [4.69, 9.17) is 0 Å². The van der Waals surface area contributed by atoms with E-state index in [-0.39, 0.29) is 5.41 Å². The van der Waals surface area contributed by atoms with Gasteiger partial charge in [-0.1, -0.05) is 59.3 Å². The van der Waals surface area contributed by atoms with Crippen LogP contribution in [0.4, 0.5) is 0 Å². The zero-order valence-electron chi connectivity index (χ0n) is 12.6. The predicted octanol–water partition coefficient (Wildman–Crippen LogP) is 4.39. The van der Waals surface area contributed by atoms with E-state index in [1.165, 1.54) is 44.9 Å². The van der Waals surface area contributed by atoms with Gasteiger partial charge in [0.25, 0.3) is 0 Å². The molecule has 1 aliphatic rings. The van der Waals surface area contributed by atoms with Crippen molar-refractivity contribution in [1.82, 2.24) is 4.90 Å². The molecule has 0 saturated carbocycles. The fourth-order valence-corrected chi connectivity index (χ4v) is 2.66. The first-order chi connectivity index (χ1) is 8.49. The second-order valence-electron chi connectivity index (χ2n) is 6.95. The first-order valence-corrected chi connectivity index (χ1v) is 7.77. The molecular formula is C16H31NO. The van der Waals surface area contributed by atoms with Gasteiger partial charge in [0.1, 0.15) is 0 Å². The van der Waals surface area contributed by atoms with Gasteiger partial charge in [-0.05, 0) is 18.3 Å². The smallest absolute Gasteiger partial charge is 0.222 e. The van der Waals surface area contributed by atoms with Crippen LogP contribution in [0.5, 0.6) is 0 Å². The van der Waals surface area contributed by atoms with Gasteiger partial charge in [0.15, 0.2) is 0 Å². The van der Waals surface area contributed by atoms with E-state index in [2.05, 4.69) is 25.7 Å². The monoisotopic (exact) mass is 253 g/mol. The van der Waals surface area contributed by atoms with Crippen LogP contribution >= 0.6 is 0 Å². The summed E-state index contributed by atoms with van der Waals surface area (Å²) in [5.41, 5.74) is 0.215. The minimum absolute atomic E-state index is 0.215. The number of nitrogens with zero attached hydrogens (tertiary/aromatic N) is 1. The van der Waals surface area contributed by atoms with Crippen molar-refractivity contribution in [3.63, 3.8) is 0 Å². The molecule has 1 heterocycles. The van der Waals surface area contributed by atoms with Gasteiger partial charge < -0.3 is 4.90 Å². The summed E-state index contributed by atoms with van der Waals surface area (Å²) in [6, 6.07) is 0. The Morgan fingerprint density at radius 2 is 1.39 bits per heavy atom. The Kier molecular flexibility index (Phi) is 6.73. The molecule has 0 bridgehead atoms. The summed E-state index contributed by atoms with van der Waals surface area (Å²) < 4.78 is 0. The number of hydrogen-bond acceptors (Lipinski definition) is 1. The Bertz CT molecular complexity index is 242. The number of amides is 1. The molecule has 0 N–H and O–H groups in total. The van der Waals surface area contributed by atoms with E-state index in [1.807, 2.05) is 0 Å². The lowest BCUT2D eigenvalue weighted by molar-refractivity contribution is -0.132. The average Bonchev–Trinajstić information content (AvgIpc) is 2.26. The maximum Gasteiger partial charge on any atom is 0.222 e. The highest BCUT2D eigenvalue weighted by molar-refractivity contribution is 5.76. The van der Waals surface area contributed by atoms with Crippen LogP contribution in [-0.2, 0) is 4.79 Å². The first-order valence-electron chi connectivity index (χ1n) is 7.77. The predicted molar refractivity (Wildman–Crippen MR) is 77.6 cm³/mol. The maximum absolute atomic E-state index is 12.2. The quantitative estimate of drug-likeness (QED) is 0.679. The van der Waals surface area contributed by atoms with E-state index in [0.717, 1.165) is 25.9 Å². The maximum atomic E-state index is 12.2. The number of carbonyl (C=O) groups excluding carboxylic acids is 1. The van der Waals surface area contributed by atoms with E-state index in [9.17, 15) is 4.79 Å². The van der Waals surface area contributed by atoms with E-state index in [1.54, 1.807) is 0 Å². The summed E-state index contributed by atoms with van der Waals surface area (Å²) in [5, 5.41) is 0. The largest absolute Gasteiger partial charge is 0.342 e. The molecule has 0 aromatic rings. The standard InChI is InChI=1S/C16H31NO/c1-16(2,3)14-17-13-11-9-7-5-4-6-8-10-12-15(17)18/h4-14H2,1-3H3. The average molecular weight is 253 g/mol. The molecule has 1 fully saturated rings. The van der Waals surface area contributed by atoms with Gasteiger partial charge in [-0.15, -0.1) is 0 Å². The van der Waals surface area contributed by atoms with Crippen LogP contribution in [0.15, 0.2) is 0 Å². The highest BCUT2D eigenvalue weighted by Gasteiger charge is 2.20. The van der Waals surface area contributed by atoms with E-state index in [0.29, 0.717) is 5.91 Å². The van der Waals surface area contributed by atoms with E-state index < -0.39 is 0 Å². The second-order valence-corrected chi connectivity index (χ2v) is 6.95. The van der Waals surface area contributed by atoms with Crippen LogP contribution in [0.1, 0.15) is 78.6 Å². The molecule has 0 radical (unpaired) electrons. The van der Waals surface area contributed by atoms with Crippen molar-refractivity contribution >= 4 is 5.91 Å². The fraction of sp³-hybridized carbons (Fsp3) is 0.938. The van der Waals surface area contributed by atoms with Gasteiger partial charge >= 0.3 is 0 Å². The zero-order valence-corrected chi connectivity index (χ0v) is 12.6. The summed E-state index contributed by atoms with van der Waals surface area (Å²) in [5.74, 6) is 0.380. The van der Waals surface area contributed by atoms with Gasteiger partial charge in [-0.3, -0.25) is 4.79 Å². The van der Waals surface area contributed by atoms with Crippen LogP contribution in [-0.4, -0.2) is 23.9 Å². The number of rotatable bonds is 1. The Morgan fingerprint density at radius 3 is 1.94 bits per heavy atom. The van der Waals surface area contributed by atoms with Crippen LogP contribution < -0.4 is 0 Å². The topological polar surface area (TPSA) is 20.3 Å². The molecule has 0 aromatic carbocycles. The highest BCUT2D eigenvalue weighted by atomic mass is 16.2. The molecule has 106 valence electrons. The second kappa shape index (κ2) is 7.81. The lowest BCUT2D eigenvalue weighted by atomic mass is 9.95. The minimum Gasteiger partial charge on any atom is -0.342 e. The molecular weight excluding hydrogens is 222 g/mol. The first kappa shape index (κ1) is 15.5. The number of carbonyl (C=O) groups is 1. The summed E-state index contributed by atoms with van der Waals surface area (Å²) in [7, 11) is 0. The van der Waals surface area contributed by atoms with Crippen LogP contribution in [0.2, 0.25) is 0 Å². The zero-order chi connectivity index (χ0) is 13.4. The molecule has 0 unspecified atom stereocenters. The Morgan fingerprint density at radius 1 is 0.889 bits per heavy atom. The molecule has 1 amide bonds. The van der Waals surface area contributed by atoms with Gasteiger partial charge in [0, 0.05) is 19.5 Å². The van der Waals surface area contributed by atoms with Crippen molar-refractivity contribution in [3.8, 4) is 0 Å². The molecule has 0 aliphatic carbocycles. The van der Waals surface area contributed by atoms with Crippen molar-refractivity contribution in [2.75, 3.05) is 13.1 Å². The molecule has 1 saturated heterocycles. The van der Waals surface area contributed by atoms with Crippen LogP contribution in [0.3, 0.4) is 0 Å². The number of hydrogen-bond donors (Lipinski definition) is 0. The highest BCUT2D eigenvalue weighted by Crippen LogP contribution is 2.19. The molecule has 1 rings (SSSR count). The summed E-state index contributed by atoms with van der Waals surface area (Å²) in [6.45, 7) is 8.53. The lowest BCUT2D eigenvalue weighted by Crippen LogP contribution is -2.38. The molecule has 2 nitrogen and oxygen atoms in total. The van der Waals surface area contributed by atoms with Gasteiger partial charge in [0.2, 0.25) is 5.91 Å². The van der Waals surface area contributed by atoms with Crippen LogP contribution in [0, 0.1) is 5.41 Å². The normalized spacial score (nSPS) is 21.3. The Hall–Kier alpha value is -0.530. The third-order valence-corrected chi connectivity index (χ3v) is 3.59. The molecule has 18 heavy (non-hydrogen) atoms. The van der Waals surface area contributed by atoms with Gasteiger partial charge in [-0.2, -0.15) is 0 Å². The van der Waals surface area contributed by atoms with Crippen molar-refractivity contribution in [1.29, 1.82) is 0 Å². The third-order valence-electron chi connectivity index (χ3n) is 3.59. The summed E-state index contributed by atoms with van der Waals surface area (Å²) >= 11 is 0. The Balaban J connectivity index is 2.49. The van der Waals surface area contributed by atoms with E-state index >= 15 is 0 Å². The van der Waals surface area contributed by atoms with Crippen molar-refractivity contribution in [2.45, 2.75) is 78.6 Å². The van der Waals surface area contributed by atoms with Gasteiger partial charge in [0.05, 0.1) is 0 Å². The molecule has 2 heteroatoms. The van der Waals surface area contributed by atoms with Crippen molar-refractivity contribution in [3.05, 3.63) is 0 Å². The summed E-state index contributed by atoms with van der Waals surface area (Å²) in [6.07, 6.45) is 10.9. The van der Waals surface area contributed by atoms with Gasteiger partial charge in [-0.25, -0.2) is 0 Å². The molecule has 0 aromatic heterocycles. The SMILES string of the molecule is CC(C)(C)CN1CCCCCCCCCCC1=O. The fourth-order valence-electron chi connectivity index (χ4n) is 2.66. The van der Waals surface area contributed by atoms with Crippen molar-refractivity contribution < 1.29 is 4.79 Å².